The van der Waals surface area contributed by atoms with Gasteiger partial charge in [-0.3, -0.25) is 0 Å². The molecule has 0 amide bonds. The van der Waals surface area contributed by atoms with Gasteiger partial charge in [0.2, 0.25) is 5.82 Å². The molecule has 2 aliphatic carbocycles. The molecule has 3 heteroatoms. The third-order valence-corrected chi connectivity index (χ3v) is 8.49. The van der Waals surface area contributed by atoms with Gasteiger partial charge in [0.1, 0.15) is 6.61 Å². The Bertz CT molecular complexity index is 966. The van der Waals surface area contributed by atoms with Crippen molar-refractivity contribution in [3.8, 4) is 5.75 Å². The van der Waals surface area contributed by atoms with Crippen molar-refractivity contribution in [3.05, 3.63) is 53.6 Å². The summed E-state index contributed by atoms with van der Waals surface area (Å²) in [6.45, 7) is 4.39. The molecule has 34 heavy (non-hydrogen) atoms. The molecule has 0 heterocycles. The minimum absolute atomic E-state index is 0.0153. The van der Waals surface area contributed by atoms with E-state index in [4.69, 9.17) is 4.74 Å². The molecule has 1 nitrogen and oxygen atoms in total. The van der Waals surface area contributed by atoms with Gasteiger partial charge < -0.3 is 4.74 Å². The van der Waals surface area contributed by atoms with Crippen molar-refractivity contribution in [1.82, 2.24) is 0 Å². The average Bonchev–Trinajstić information content (AvgIpc) is 2.86. The van der Waals surface area contributed by atoms with Gasteiger partial charge in [0.05, 0.1) is 0 Å². The maximum Gasteiger partial charge on any atom is 0.201 e. The van der Waals surface area contributed by atoms with Gasteiger partial charge in [-0.1, -0.05) is 76.2 Å². The second-order valence-corrected chi connectivity index (χ2v) is 10.8. The first kappa shape index (κ1) is 25.2. The zero-order valence-electron chi connectivity index (χ0n) is 21.1. The molecule has 2 aliphatic rings. The Morgan fingerprint density at radius 1 is 0.912 bits per heavy atom. The molecule has 0 radical (unpaired) electrons. The topological polar surface area (TPSA) is 9.23 Å². The number of ether oxygens (including phenoxy) is 1. The maximum absolute atomic E-state index is 14.9. The van der Waals surface area contributed by atoms with Gasteiger partial charge in [-0.15, -0.1) is 0 Å². The van der Waals surface area contributed by atoms with Crippen molar-refractivity contribution in [2.24, 2.45) is 17.8 Å². The Hall–Kier alpha value is -1.90. The van der Waals surface area contributed by atoms with Gasteiger partial charge in [0, 0.05) is 5.39 Å². The average molecular weight is 469 g/mol. The molecule has 4 unspecified atom stereocenters. The summed E-state index contributed by atoms with van der Waals surface area (Å²) >= 11 is 0. The summed E-state index contributed by atoms with van der Waals surface area (Å²) in [5.74, 6) is 1.38. The largest absolute Gasteiger partial charge is 0.486 e. The van der Waals surface area contributed by atoms with E-state index in [0.717, 1.165) is 17.8 Å². The fraction of sp³-hybridized carbons (Fsp3) is 0.613. The van der Waals surface area contributed by atoms with Crippen LogP contribution < -0.4 is 4.74 Å². The summed E-state index contributed by atoms with van der Waals surface area (Å²) < 4.78 is 35.0. The number of rotatable bonds is 10. The zero-order valence-corrected chi connectivity index (χ0v) is 21.1. The van der Waals surface area contributed by atoms with Gasteiger partial charge in [-0.05, 0) is 85.8 Å². The van der Waals surface area contributed by atoms with Crippen LogP contribution in [0.15, 0.2) is 36.4 Å². The van der Waals surface area contributed by atoms with Crippen molar-refractivity contribution < 1.29 is 13.5 Å². The van der Waals surface area contributed by atoms with Crippen LogP contribution in [-0.2, 0) is 0 Å². The first-order valence-corrected chi connectivity index (χ1v) is 13.8. The van der Waals surface area contributed by atoms with Gasteiger partial charge in [0.15, 0.2) is 11.6 Å². The van der Waals surface area contributed by atoms with E-state index in [1.807, 2.05) is 25.1 Å². The molecular formula is C31H42F2O. The molecule has 0 aliphatic heterocycles. The first-order valence-electron chi connectivity index (χ1n) is 13.8. The lowest BCUT2D eigenvalue weighted by atomic mass is 9.63. The fourth-order valence-corrected chi connectivity index (χ4v) is 6.50. The standard InChI is InChI=1S/C31H42F2O/c1-3-5-7-8-9-10-22-11-12-24-19-25(14-13-23(24)18-22)26-15-16-27-21-29(34-17-6-4-2)31(33)30(32)28(27)20-26/h4,6,15-16,20-25H,3,5,7-14,17-19H2,1-2H3. The fourth-order valence-electron chi connectivity index (χ4n) is 6.50. The van der Waals surface area contributed by atoms with E-state index in [9.17, 15) is 8.78 Å². The molecule has 2 fully saturated rings. The number of hydrogen-bond acceptors (Lipinski definition) is 1. The minimum Gasteiger partial charge on any atom is -0.486 e. The third kappa shape index (κ3) is 6.01. The number of hydrogen-bond donors (Lipinski definition) is 0. The van der Waals surface area contributed by atoms with E-state index in [1.165, 1.54) is 82.6 Å². The summed E-state index contributed by atoms with van der Waals surface area (Å²) in [5.41, 5.74) is 1.17. The molecule has 4 rings (SSSR count). The molecule has 2 aromatic carbocycles. The molecule has 0 bridgehead atoms. The second kappa shape index (κ2) is 12.2. The molecular weight excluding hydrogens is 426 g/mol. The summed E-state index contributed by atoms with van der Waals surface area (Å²) in [5, 5.41) is 1.08. The normalized spacial score (nSPS) is 25.1. The maximum atomic E-state index is 14.9. The van der Waals surface area contributed by atoms with Crippen LogP contribution in [0.25, 0.3) is 10.8 Å². The van der Waals surface area contributed by atoms with Crippen molar-refractivity contribution in [3.63, 3.8) is 0 Å². The Kier molecular flexibility index (Phi) is 9.03. The summed E-state index contributed by atoms with van der Waals surface area (Å²) in [6, 6.07) is 7.59. The van der Waals surface area contributed by atoms with Crippen LogP contribution in [0.3, 0.4) is 0 Å². The van der Waals surface area contributed by atoms with Crippen LogP contribution in [0.2, 0.25) is 0 Å². The zero-order chi connectivity index (χ0) is 23.9. The number of allylic oxidation sites excluding steroid dienone is 1. The van der Waals surface area contributed by atoms with Crippen LogP contribution in [0.1, 0.15) is 102 Å². The highest BCUT2D eigenvalue weighted by molar-refractivity contribution is 5.85. The van der Waals surface area contributed by atoms with Crippen molar-refractivity contribution in [2.45, 2.75) is 96.8 Å². The van der Waals surface area contributed by atoms with Gasteiger partial charge >= 0.3 is 0 Å². The van der Waals surface area contributed by atoms with Crippen LogP contribution in [0.5, 0.6) is 5.75 Å². The number of benzene rings is 2. The lowest BCUT2D eigenvalue weighted by Crippen LogP contribution is -2.30. The van der Waals surface area contributed by atoms with Gasteiger partial charge in [-0.2, -0.15) is 4.39 Å². The van der Waals surface area contributed by atoms with E-state index < -0.39 is 11.6 Å². The Labute approximate surface area is 205 Å². The minimum atomic E-state index is -0.883. The van der Waals surface area contributed by atoms with Crippen molar-refractivity contribution in [1.29, 1.82) is 0 Å². The summed E-state index contributed by atoms with van der Waals surface area (Å²) in [4.78, 5) is 0. The quantitative estimate of drug-likeness (QED) is 0.249. The van der Waals surface area contributed by atoms with E-state index in [1.54, 1.807) is 12.1 Å². The predicted octanol–water partition coefficient (Wildman–Crippen LogP) is 9.73. The summed E-state index contributed by atoms with van der Waals surface area (Å²) in [7, 11) is 0. The molecule has 0 saturated heterocycles. The van der Waals surface area contributed by atoms with E-state index >= 15 is 0 Å². The number of fused-ring (bicyclic) bond motifs is 2. The van der Waals surface area contributed by atoms with Crippen LogP contribution in [0, 0.1) is 29.4 Å². The van der Waals surface area contributed by atoms with E-state index in [-0.39, 0.29) is 12.4 Å². The van der Waals surface area contributed by atoms with Crippen LogP contribution in [0.4, 0.5) is 8.78 Å². The molecule has 0 spiro atoms. The second-order valence-electron chi connectivity index (χ2n) is 10.8. The van der Waals surface area contributed by atoms with E-state index in [0.29, 0.717) is 16.7 Å². The van der Waals surface area contributed by atoms with Crippen molar-refractivity contribution >= 4 is 10.8 Å². The van der Waals surface area contributed by atoms with Gasteiger partial charge in [-0.25, -0.2) is 4.39 Å². The number of unbranched alkanes of at least 4 members (excludes halogenated alkanes) is 4. The molecule has 2 saturated carbocycles. The van der Waals surface area contributed by atoms with Gasteiger partial charge in [0.25, 0.3) is 0 Å². The van der Waals surface area contributed by atoms with E-state index in [2.05, 4.69) is 13.0 Å². The highest BCUT2D eigenvalue weighted by Gasteiger charge is 2.36. The first-order chi connectivity index (χ1) is 16.6. The predicted molar refractivity (Wildman–Crippen MR) is 138 cm³/mol. The molecule has 0 aromatic heterocycles. The smallest absolute Gasteiger partial charge is 0.201 e. The highest BCUT2D eigenvalue weighted by Crippen LogP contribution is 2.48. The summed E-state index contributed by atoms with van der Waals surface area (Å²) in [6.07, 6.45) is 19.8. The van der Waals surface area contributed by atoms with Crippen molar-refractivity contribution in [2.75, 3.05) is 6.61 Å². The molecule has 4 atom stereocenters. The highest BCUT2D eigenvalue weighted by atomic mass is 19.2. The Balaban J connectivity index is 1.37. The van der Waals surface area contributed by atoms with Crippen LogP contribution in [-0.4, -0.2) is 6.61 Å². The molecule has 2 aromatic rings. The Morgan fingerprint density at radius 3 is 2.53 bits per heavy atom. The monoisotopic (exact) mass is 468 g/mol. The lowest BCUT2D eigenvalue weighted by molar-refractivity contribution is 0.113. The van der Waals surface area contributed by atoms with Crippen LogP contribution >= 0.6 is 0 Å². The Morgan fingerprint density at radius 2 is 1.71 bits per heavy atom. The SMILES string of the molecule is CC=CCOc1cc2ccc(C3CCC4CC(CCCCCCC)CCC4C3)cc2c(F)c1F. The third-order valence-electron chi connectivity index (χ3n) is 8.49. The lowest BCUT2D eigenvalue weighted by Gasteiger charge is -2.42. The number of halogens is 2. The molecule has 186 valence electrons. The molecule has 0 N–H and O–H groups in total.